The predicted molar refractivity (Wildman–Crippen MR) is 95.6 cm³/mol. The number of rotatable bonds is 4. The summed E-state index contributed by atoms with van der Waals surface area (Å²) in [6.45, 7) is 0.213. The largest absolute Gasteiger partial charge is 0.293 e. The van der Waals surface area contributed by atoms with Gasteiger partial charge in [0.2, 0.25) is 0 Å². The monoisotopic (exact) mass is 387 g/mol. The number of nitrogens with zero attached hydrogens (tertiary/aromatic N) is 5. The first kappa shape index (κ1) is 17.3. The number of benzene rings is 2. The molecule has 0 N–H and O–H groups in total. The molecule has 2 aromatic heterocycles. The fraction of sp³-hybridized carbons (Fsp3) is 0.111. The van der Waals surface area contributed by atoms with E-state index >= 15 is 0 Å². The Hall–Kier alpha value is -3.13. The minimum Gasteiger partial charge on any atom is -0.293 e. The molecule has 0 bridgehead atoms. The van der Waals surface area contributed by atoms with Gasteiger partial charge in [-0.05, 0) is 29.8 Å². The zero-order valence-electron chi connectivity index (χ0n) is 13.8. The van der Waals surface area contributed by atoms with Crippen LogP contribution in [0.5, 0.6) is 0 Å². The Morgan fingerprint density at radius 3 is 2.56 bits per heavy atom. The maximum absolute atomic E-state index is 14.0. The highest BCUT2D eigenvalue weighted by molar-refractivity contribution is 6.31. The predicted octanol–water partition coefficient (Wildman–Crippen LogP) is 3.02. The zero-order chi connectivity index (χ0) is 19.0. The maximum atomic E-state index is 14.0. The van der Waals surface area contributed by atoms with Gasteiger partial charge in [-0.2, -0.15) is 0 Å². The molecule has 2 aromatic carbocycles. The van der Waals surface area contributed by atoms with Crippen molar-refractivity contribution in [3.05, 3.63) is 86.9 Å². The van der Waals surface area contributed by atoms with Gasteiger partial charge in [-0.3, -0.25) is 9.36 Å². The standard InChI is InChI=1S/C18H12ClF2N5O/c19-14-2-1-3-15(21)13(14)9-25-10-22-17-16(18(25)27)23-24-26(17)8-11-4-6-12(20)7-5-11/h1-7,10H,8-9H2. The van der Waals surface area contributed by atoms with E-state index in [0.29, 0.717) is 5.65 Å². The third-order valence-electron chi connectivity index (χ3n) is 4.13. The summed E-state index contributed by atoms with van der Waals surface area (Å²) >= 11 is 6.02. The fourth-order valence-electron chi connectivity index (χ4n) is 2.72. The second kappa shape index (κ2) is 6.88. The molecule has 0 fully saturated rings. The van der Waals surface area contributed by atoms with Gasteiger partial charge in [-0.1, -0.05) is 35.0 Å². The van der Waals surface area contributed by atoms with Crippen LogP contribution in [-0.4, -0.2) is 24.5 Å². The van der Waals surface area contributed by atoms with Gasteiger partial charge < -0.3 is 0 Å². The van der Waals surface area contributed by atoms with Gasteiger partial charge in [0.05, 0.1) is 13.1 Å². The molecule has 0 saturated carbocycles. The van der Waals surface area contributed by atoms with Gasteiger partial charge in [0.25, 0.3) is 5.56 Å². The van der Waals surface area contributed by atoms with Gasteiger partial charge in [-0.15, -0.1) is 5.10 Å². The van der Waals surface area contributed by atoms with E-state index in [4.69, 9.17) is 11.6 Å². The second-order valence-electron chi connectivity index (χ2n) is 5.92. The average Bonchev–Trinajstić information content (AvgIpc) is 3.05. The first-order chi connectivity index (χ1) is 13.0. The van der Waals surface area contributed by atoms with Crippen LogP contribution in [0, 0.1) is 11.6 Å². The van der Waals surface area contributed by atoms with Crippen molar-refractivity contribution >= 4 is 22.8 Å². The quantitative estimate of drug-likeness (QED) is 0.540. The van der Waals surface area contributed by atoms with Crippen molar-refractivity contribution in [3.63, 3.8) is 0 Å². The Morgan fingerprint density at radius 2 is 1.81 bits per heavy atom. The normalized spacial score (nSPS) is 11.2. The average molecular weight is 388 g/mol. The maximum Gasteiger partial charge on any atom is 0.283 e. The lowest BCUT2D eigenvalue weighted by Crippen LogP contribution is -2.22. The third-order valence-corrected chi connectivity index (χ3v) is 4.48. The summed E-state index contributed by atoms with van der Waals surface area (Å²) in [6, 6.07) is 10.2. The number of halogens is 3. The van der Waals surface area contributed by atoms with Crippen LogP contribution in [0.2, 0.25) is 5.02 Å². The summed E-state index contributed by atoms with van der Waals surface area (Å²) in [7, 11) is 0. The van der Waals surface area contributed by atoms with E-state index in [-0.39, 0.29) is 35.0 Å². The second-order valence-corrected chi connectivity index (χ2v) is 6.33. The minimum atomic E-state index is -0.505. The highest BCUT2D eigenvalue weighted by atomic mass is 35.5. The molecule has 0 atom stereocenters. The Labute approximate surface area is 156 Å². The summed E-state index contributed by atoms with van der Waals surface area (Å²) in [6.07, 6.45) is 1.30. The molecule has 4 aromatic rings. The van der Waals surface area contributed by atoms with E-state index in [0.717, 1.165) is 5.56 Å². The summed E-state index contributed by atoms with van der Waals surface area (Å²) in [5.74, 6) is -0.843. The minimum absolute atomic E-state index is 0.0621. The summed E-state index contributed by atoms with van der Waals surface area (Å²) in [5, 5.41) is 8.07. The van der Waals surface area contributed by atoms with E-state index < -0.39 is 11.4 Å². The third kappa shape index (κ3) is 3.31. The van der Waals surface area contributed by atoms with E-state index in [1.807, 2.05) is 0 Å². The number of hydrogen-bond acceptors (Lipinski definition) is 4. The van der Waals surface area contributed by atoms with Gasteiger partial charge in [0.15, 0.2) is 11.2 Å². The van der Waals surface area contributed by atoms with Crippen molar-refractivity contribution in [1.29, 1.82) is 0 Å². The fourth-order valence-corrected chi connectivity index (χ4v) is 2.95. The molecular formula is C18H12ClF2N5O. The molecule has 0 aliphatic heterocycles. The van der Waals surface area contributed by atoms with Crippen molar-refractivity contribution in [2.24, 2.45) is 0 Å². The Balaban J connectivity index is 1.69. The summed E-state index contributed by atoms with van der Waals surface area (Å²) in [4.78, 5) is 16.9. The SMILES string of the molecule is O=c1c2nnn(Cc3ccc(F)cc3)c2ncn1Cc1c(F)cccc1Cl. The van der Waals surface area contributed by atoms with E-state index in [1.165, 1.54) is 39.8 Å². The van der Waals surface area contributed by atoms with Gasteiger partial charge in [-0.25, -0.2) is 18.4 Å². The van der Waals surface area contributed by atoms with Crippen molar-refractivity contribution in [1.82, 2.24) is 24.5 Å². The lowest BCUT2D eigenvalue weighted by molar-refractivity contribution is 0.595. The van der Waals surface area contributed by atoms with Crippen LogP contribution in [0.1, 0.15) is 11.1 Å². The molecule has 0 spiro atoms. The highest BCUT2D eigenvalue weighted by Gasteiger charge is 2.15. The molecule has 9 heteroatoms. The van der Waals surface area contributed by atoms with Gasteiger partial charge >= 0.3 is 0 Å². The molecule has 2 heterocycles. The molecule has 0 amide bonds. The number of fused-ring (bicyclic) bond motifs is 1. The lowest BCUT2D eigenvalue weighted by atomic mass is 10.2. The summed E-state index contributed by atoms with van der Waals surface area (Å²) in [5.41, 5.74) is 0.880. The van der Waals surface area contributed by atoms with Crippen molar-refractivity contribution < 1.29 is 8.78 Å². The van der Waals surface area contributed by atoms with Crippen LogP contribution in [0.3, 0.4) is 0 Å². The topological polar surface area (TPSA) is 65.6 Å². The van der Waals surface area contributed by atoms with Crippen LogP contribution >= 0.6 is 11.6 Å². The van der Waals surface area contributed by atoms with Gasteiger partial charge in [0.1, 0.15) is 18.0 Å². The molecule has 6 nitrogen and oxygen atoms in total. The highest BCUT2D eigenvalue weighted by Crippen LogP contribution is 2.19. The van der Waals surface area contributed by atoms with Crippen LogP contribution < -0.4 is 5.56 Å². The van der Waals surface area contributed by atoms with Crippen LogP contribution in [0.25, 0.3) is 11.2 Å². The lowest BCUT2D eigenvalue weighted by Gasteiger charge is -2.08. The van der Waals surface area contributed by atoms with E-state index in [9.17, 15) is 13.6 Å². The smallest absolute Gasteiger partial charge is 0.283 e. The van der Waals surface area contributed by atoms with Crippen LogP contribution in [0.15, 0.2) is 53.6 Å². The molecule has 0 saturated heterocycles. The first-order valence-electron chi connectivity index (χ1n) is 7.99. The molecule has 0 aliphatic rings. The molecule has 136 valence electrons. The molecule has 27 heavy (non-hydrogen) atoms. The van der Waals surface area contributed by atoms with Crippen molar-refractivity contribution in [3.8, 4) is 0 Å². The van der Waals surface area contributed by atoms with Crippen molar-refractivity contribution in [2.45, 2.75) is 13.1 Å². The van der Waals surface area contributed by atoms with Crippen LogP contribution in [0.4, 0.5) is 8.78 Å². The number of hydrogen-bond donors (Lipinski definition) is 0. The molecular weight excluding hydrogens is 376 g/mol. The molecule has 0 radical (unpaired) electrons. The van der Waals surface area contributed by atoms with E-state index in [2.05, 4.69) is 15.3 Å². The molecule has 0 aliphatic carbocycles. The van der Waals surface area contributed by atoms with Gasteiger partial charge in [0, 0.05) is 10.6 Å². The zero-order valence-corrected chi connectivity index (χ0v) is 14.6. The Kier molecular flexibility index (Phi) is 4.41. The number of aromatic nitrogens is 5. The first-order valence-corrected chi connectivity index (χ1v) is 8.36. The Morgan fingerprint density at radius 1 is 1.04 bits per heavy atom. The van der Waals surface area contributed by atoms with E-state index in [1.54, 1.807) is 18.2 Å². The van der Waals surface area contributed by atoms with Crippen molar-refractivity contribution in [2.75, 3.05) is 0 Å². The van der Waals surface area contributed by atoms with Crippen LogP contribution in [-0.2, 0) is 13.1 Å². The summed E-state index contributed by atoms with van der Waals surface area (Å²) < 4.78 is 29.7. The molecule has 4 rings (SSSR count). The molecule has 0 unspecified atom stereocenters. The Bertz CT molecular complexity index is 1170.